The molecular weight excluding hydrogens is 398 g/mol. The lowest BCUT2D eigenvalue weighted by Gasteiger charge is -2.29. The molecule has 3 heterocycles. The van der Waals surface area contributed by atoms with Crippen molar-refractivity contribution in [3.63, 3.8) is 0 Å². The largest absolute Gasteiger partial charge is 0.453 e. The summed E-state index contributed by atoms with van der Waals surface area (Å²) in [5, 5.41) is 4.14. The van der Waals surface area contributed by atoms with E-state index < -0.39 is 0 Å². The summed E-state index contributed by atoms with van der Waals surface area (Å²) in [5.41, 5.74) is 5.30. The maximum atomic E-state index is 13.1. The summed E-state index contributed by atoms with van der Waals surface area (Å²) in [5.74, 6) is 0. The first-order valence-corrected chi connectivity index (χ1v) is 10.6. The van der Waals surface area contributed by atoms with Gasteiger partial charge in [-0.2, -0.15) is 0 Å². The number of hydrogen-bond donors (Lipinski definition) is 1. The number of fused-ring (bicyclic) bond motifs is 2. The number of pyridine rings is 1. The first kappa shape index (κ1) is 19.1. The number of nitrogens with zero attached hydrogens (tertiary/aromatic N) is 2. The summed E-state index contributed by atoms with van der Waals surface area (Å²) in [6.07, 6.45) is 2.57. The predicted octanol–water partition coefficient (Wildman–Crippen LogP) is 4.63. The lowest BCUT2D eigenvalue weighted by Crippen LogP contribution is -2.43. The van der Waals surface area contributed by atoms with E-state index in [1.54, 1.807) is 24.4 Å². The monoisotopic (exact) mass is 419 g/mol. The van der Waals surface area contributed by atoms with Gasteiger partial charge in [-0.3, -0.25) is 4.79 Å². The van der Waals surface area contributed by atoms with Crippen LogP contribution in [0.1, 0.15) is 12.5 Å². The van der Waals surface area contributed by atoms with Crippen molar-refractivity contribution in [2.75, 3.05) is 31.1 Å². The second-order valence-corrected chi connectivity index (χ2v) is 7.93. The van der Waals surface area contributed by atoms with Crippen molar-refractivity contribution in [1.29, 1.82) is 0 Å². The summed E-state index contributed by atoms with van der Waals surface area (Å²) in [7, 11) is 0. The summed E-state index contributed by atoms with van der Waals surface area (Å²) in [6.45, 7) is 6.07. The number of anilines is 1. The van der Waals surface area contributed by atoms with Gasteiger partial charge in [-0.15, -0.1) is 0 Å². The fraction of sp³-hybridized carbons (Fsp3) is 0.250. The van der Waals surface area contributed by atoms with E-state index in [2.05, 4.69) is 46.4 Å². The normalized spacial score (nSPS) is 14.5. The molecule has 4 aromatic rings. The molecule has 2 aromatic carbocycles. The van der Waals surface area contributed by atoms with Crippen molar-refractivity contribution in [3.8, 4) is 11.1 Å². The molecule has 1 saturated heterocycles. The highest BCUT2D eigenvalue weighted by Gasteiger charge is 2.19. The second kappa shape index (κ2) is 7.74. The van der Waals surface area contributed by atoms with Gasteiger partial charge in [-0.1, -0.05) is 36.7 Å². The fourth-order valence-electron chi connectivity index (χ4n) is 4.18. The summed E-state index contributed by atoms with van der Waals surface area (Å²) >= 11 is 6.27. The number of aryl methyl sites for hydroxylation is 1. The number of benzene rings is 2. The van der Waals surface area contributed by atoms with E-state index in [4.69, 9.17) is 16.0 Å². The Hall–Kier alpha value is -2.89. The van der Waals surface area contributed by atoms with Gasteiger partial charge in [-0.25, -0.2) is 4.98 Å². The average Bonchev–Trinajstić information content (AvgIpc) is 2.79. The van der Waals surface area contributed by atoms with Gasteiger partial charge in [0.15, 0.2) is 11.1 Å². The van der Waals surface area contributed by atoms with Gasteiger partial charge in [0.1, 0.15) is 5.58 Å². The molecule has 0 amide bonds. The molecule has 2 aromatic heterocycles. The Bertz CT molecular complexity index is 1290. The highest BCUT2D eigenvalue weighted by Crippen LogP contribution is 2.34. The zero-order chi connectivity index (χ0) is 20.7. The molecule has 1 fully saturated rings. The quantitative estimate of drug-likeness (QED) is 0.490. The van der Waals surface area contributed by atoms with Gasteiger partial charge in [-0.05, 0) is 41.8 Å². The zero-order valence-electron chi connectivity index (χ0n) is 16.7. The second-order valence-electron chi connectivity index (χ2n) is 7.52. The minimum atomic E-state index is -0.196. The van der Waals surface area contributed by atoms with Gasteiger partial charge in [0.05, 0.1) is 10.4 Å². The standard InChI is InChI=1S/C24H22ClN3O2/c1-2-15-14-27-22-23(29)21-18(25)4-3-5-19(21)30-24(22)20(15)16-6-8-17(9-7-16)28-12-10-26-11-13-28/h3-9,14,26H,2,10-13H2,1H3. The molecule has 0 saturated carbocycles. The first-order chi connectivity index (χ1) is 14.7. The molecule has 5 nitrogen and oxygen atoms in total. The molecule has 0 unspecified atom stereocenters. The van der Waals surface area contributed by atoms with Crippen molar-refractivity contribution in [1.82, 2.24) is 10.3 Å². The zero-order valence-corrected chi connectivity index (χ0v) is 17.5. The van der Waals surface area contributed by atoms with Crippen LogP contribution < -0.4 is 15.6 Å². The molecule has 1 N–H and O–H groups in total. The van der Waals surface area contributed by atoms with Crippen LogP contribution in [0.3, 0.4) is 0 Å². The topological polar surface area (TPSA) is 58.4 Å². The van der Waals surface area contributed by atoms with E-state index in [-0.39, 0.29) is 5.43 Å². The lowest BCUT2D eigenvalue weighted by molar-refractivity contribution is 0.589. The Kier molecular flexibility index (Phi) is 4.93. The van der Waals surface area contributed by atoms with Crippen LogP contribution >= 0.6 is 11.6 Å². The predicted molar refractivity (Wildman–Crippen MR) is 123 cm³/mol. The minimum Gasteiger partial charge on any atom is -0.453 e. The van der Waals surface area contributed by atoms with Gasteiger partial charge < -0.3 is 14.6 Å². The van der Waals surface area contributed by atoms with Crippen LogP contribution in [-0.4, -0.2) is 31.2 Å². The van der Waals surface area contributed by atoms with E-state index >= 15 is 0 Å². The van der Waals surface area contributed by atoms with E-state index in [0.717, 1.165) is 49.3 Å². The highest BCUT2D eigenvalue weighted by atomic mass is 35.5. The molecule has 30 heavy (non-hydrogen) atoms. The maximum Gasteiger partial charge on any atom is 0.220 e. The van der Waals surface area contributed by atoms with E-state index in [0.29, 0.717) is 27.1 Å². The number of aromatic nitrogens is 1. The van der Waals surface area contributed by atoms with E-state index in [1.807, 2.05) is 0 Å². The Balaban J connectivity index is 1.71. The van der Waals surface area contributed by atoms with Crippen molar-refractivity contribution >= 4 is 39.4 Å². The van der Waals surface area contributed by atoms with Gasteiger partial charge >= 0.3 is 0 Å². The van der Waals surface area contributed by atoms with Crippen LogP contribution in [0.15, 0.2) is 57.9 Å². The average molecular weight is 420 g/mol. The number of piperazine rings is 1. The number of hydrogen-bond acceptors (Lipinski definition) is 5. The third kappa shape index (κ3) is 3.15. The summed E-state index contributed by atoms with van der Waals surface area (Å²) in [6, 6.07) is 13.8. The number of halogens is 1. The van der Waals surface area contributed by atoms with E-state index in [9.17, 15) is 4.79 Å². The molecule has 0 atom stereocenters. The Labute approximate surface area is 179 Å². The van der Waals surface area contributed by atoms with Crippen LogP contribution in [0.25, 0.3) is 33.2 Å². The summed E-state index contributed by atoms with van der Waals surface area (Å²) in [4.78, 5) is 19.9. The molecular formula is C24H22ClN3O2. The van der Waals surface area contributed by atoms with Gasteiger partial charge in [0.2, 0.25) is 5.43 Å². The molecule has 0 aliphatic carbocycles. The molecule has 152 valence electrons. The van der Waals surface area contributed by atoms with Crippen LogP contribution in [-0.2, 0) is 6.42 Å². The number of rotatable bonds is 3. The molecule has 5 rings (SSSR count). The van der Waals surface area contributed by atoms with Crippen LogP contribution in [0, 0.1) is 0 Å². The van der Waals surface area contributed by atoms with Crippen molar-refractivity contribution < 1.29 is 4.42 Å². The lowest BCUT2D eigenvalue weighted by atomic mass is 9.97. The van der Waals surface area contributed by atoms with Crippen LogP contribution in [0.4, 0.5) is 5.69 Å². The summed E-state index contributed by atoms with van der Waals surface area (Å²) < 4.78 is 6.22. The molecule has 0 bridgehead atoms. The first-order valence-electron chi connectivity index (χ1n) is 10.3. The third-order valence-corrected chi connectivity index (χ3v) is 6.08. The molecule has 0 spiro atoms. The highest BCUT2D eigenvalue weighted by molar-refractivity contribution is 6.35. The smallest absolute Gasteiger partial charge is 0.220 e. The van der Waals surface area contributed by atoms with Crippen molar-refractivity contribution in [2.24, 2.45) is 0 Å². The maximum absolute atomic E-state index is 13.1. The Morgan fingerprint density at radius 2 is 1.90 bits per heavy atom. The molecule has 0 radical (unpaired) electrons. The van der Waals surface area contributed by atoms with Crippen molar-refractivity contribution in [2.45, 2.75) is 13.3 Å². The third-order valence-electron chi connectivity index (χ3n) is 5.76. The minimum absolute atomic E-state index is 0.196. The SMILES string of the molecule is CCc1cnc2c(=O)c3c(Cl)cccc3oc2c1-c1ccc(N2CCNCC2)cc1. The van der Waals surface area contributed by atoms with Crippen LogP contribution in [0.2, 0.25) is 5.02 Å². The van der Waals surface area contributed by atoms with Gasteiger partial charge in [0.25, 0.3) is 0 Å². The van der Waals surface area contributed by atoms with E-state index in [1.165, 1.54) is 5.69 Å². The molecule has 1 aliphatic heterocycles. The van der Waals surface area contributed by atoms with Crippen molar-refractivity contribution in [3.05, 3.63) is 69.5 Å². The van der Waals surface area contributed by atoms with Crippen LogP contribution in [0.5, 0.6) is 0 Å². The Morgan fingerprint density at radius 1 is 1.13 bits per heavy atom. The number of nitrogens with one attached hydrogen (secondary N) is 1. The van der Waals surface area contributed by atoms with Gasteiger partial charge in [0, 0.05) is 43.6 Å². The molecule has 6 heteroatoms. The fourth-order valence-corrected chi connectivity index (χ4v) is 4.43. The Morgan fingerprint density at radius 3 is 2.63 bits per heavy atom. The molecule has 1 aliphatic rings.